The molecular weight excluding hydrogens is 649 g/mol. The standard InChI is InChI=1S/C54H32/c1-2-8-35(9-3-1)52-45-15-5-4-14-43(45)49(44-29-25-41-23-21-37-11-7-13-39-27-31-47(44)54(41)51(37)39)32-48(52)34-18-16-33(17-19-34)42-28-24-40-22-20-36-10-6-12-38-26-30-46(42)53(40)50(36)38/h1-32H. The molecule has 12 aromatic carbocycles. The first-order valence-corrected chi connectivity index (χ1v) is 18.8. The second kappa shape index (κ2) is 11.2. The summed E-state index contributed by atoms with van der Waals surface area (Å²) >= 11 is 0. The van der Waals surface area contributed by atoms with Gasteiger partial charge in [-0.15, -0.1) is 0 Å². The molecule has 12 aromatic rings. The maximum absolute atomic E-state index is 2.46. The predicted molar refractivity (Wildman–Crippen MR) is 233 cm³/mol. The lowest BCUT2D eigenvalue weighted by atomic mass is 9.83. The molecule has 0 fully saturated rings. The summed E-state index contributed by atoms with van der Waals surface area (Å²) in [5.74, 6) is 0. The molecule has 0 aliphatic heterocycles. The van der Waals surface area contributed by atoms with E-state index in [1.165, 1.54) is 120 Å². The van der Waals surface area contributed by atoms with Gasteiger partial charge in [0, 0.05) is 0 Å². The molecule has 0 amide bonds. The highest BCUT2D eigenvalue weighted by atomic mass is 14.2. The lowest BCUT2D eigenvalue weighted by Gasteiger charge is -2.20. The summed E-state index contributed by atoms with van der Waals surface area (Å²) in [6.07, 6.45) is 0. The number of rotatable bonds is 4. The first kappa shape index (κ1) is 29.5. The predicted octanol–water partition coefficient (Wildman–Crippen LogP) is 15.3. The first-order chi connectivity index (χ1) is 26.8. The fourth-order valence-electron chi connectivity index (χ4n) is 9.53. The van der Waals surface area contributed by atoms with Gasteiger partial charge in [0.05, 0.1) is 0 Å². The number of fused-ring (bicyclic) bond motifs is 1. The van der Waals surface area contributed by atoms with Crippen molar-refractivity contribution in [3.8, 4) is 44.5 Å². The van der Waals surface area contributed by atoms with Gasteiger partial charge in [0.15, 0.2) is 0 Å². The van der Waals surface area contributed by atoms with Crippen molar-refractivity contribution in [2.75, 3.05) is 0 Å². The third kappa shape index (κ3) is 4.20. The van der Waals surface area contributed by atoms with E-state index in [0.717, 1.165) is 0 Å². The average molecular weight is 681 g/mol. The number of hydrogen-bond acceptors (Lipinski definition) is 0. The van der Waals surface area contributed by atoms with E-state index in [2.05, 4.69) is 194 Å². The van der Waals surface area contributed by atoms with E-state index in [-0.39, 0.29) is 0 Å². The van der Waals surface area contributed by atoms with Crippen LogP contribution in [-0.4, -0.2) is 0 Å². The van der Waals surface area contributed by atoms with Crippen LogP contribution < -0.4 is 0 Å². The van der Waals surface area contributed by atoms with Crippen LogP contribution in [0.25, 0.3) is 120 Å². The molecule has 0 nitrogen and oxygen atoms in total. The normalized spacial score (nSPS) is 12.1. The summed E-state index contributed by atoms with van der Waals surface area (Å²) in [4.78, 5) is 0. The molecule has 0 bridgehead atoms. The van der Waals surface area contributed by atoms with Crippen molar-refractivity contribution < 1.29 is 0 Å². The number of hydrogen-bond donors (Lipinski definition) is 0. The molecule has 0 atom stereocenters. The molecule has 0 spiro atoms. The lowest BCUT2D eigenvalue weighted by Crippen LogP contribution is -1.93. The molecule has 0 unspecified atom stereocenters. The SMILES string of the molecule is c1ccc(-c2c(-c3ccc(-c4ccc5ccc6cccc7ccc4c5c67)cc3)cc(-c3ccc4ccc5cccc6ccc3c4c56)c3ccccc23)cc1. The Morgan fingerprint density at radius 2 is 0.648 bits per heavy atom. The highest BCUT2D eigenvalue weighted by molar-refractivity contribution is 6.27. The van der Waals surface area contributed by atoms with E-state index in [1.54, 1.807) is 0 Å². The zero-order chi connectivity index (χ0) is 35.3. The van der Waals surface area contributed by atoms with Crippen molar-refractivity contribution in [1.82, 2.24) is 0 Å². The Balaban J connectivity index is 1.10. The fraction of sp³-hybridized carbons (Fsp3) is 0. The van der Waals surface area contributed by atoms with Gasteiger partial charge in [-0.25, -0.2) is 0 Å². The second-order valence-corrected chi connectivity index (χ2v) is 14.8. The van der Waals surface area contributed by atoms with Gasteiger partial charge in [0.25, 0.3) is 0 Å². The smallest absolute Gasteiger partial charge is 0.00206 e. The number of benzene rings is 12. The summed E-state index contributed by atoms with van der Waals surface area (Å²) in [7, 11) is 0. The maximum atomic E-state index is 2.46. The van der Waals surface area contributed by atoms with Gasteiger partial charge in [-0.1, -0.05) is 188 Å². The van der Waals surface area contributed by atoms with E-state index in [9.17, 15) is 0 Å². The van der Waals surface area contributed by atoms with Crippen LogP contribution in [0, 0.1) is 0 Å². The van der Waals surface area contributed by atoms with E-state index in [0.29, 0.717) is 0 Å². The largest absolute Gasteiger partial charge is 0.0622 e. The Hall–Kier alpha value is -7.02. The molecule has 0 N–H and O–H groups in total. The van der Waals surface area contributed by atoms with Crippen LogP contribution in [0.1, 0.15) is 0 Å². The molecule has 0 aromatic heterocycles. The minimum Gasteiger partial charge on any atom is -0.0622 e. The van der Waals surface area contributed by atoms with Crippen molar-refractivity contribution in [1.29, 1.82) is 0 Å². The first-order valence-electron chi connectivity index (χ1n) is 18.8. The fourth-order valence-corrected chi connectivity index (χ4v) is 9.53. The van der Waals surface area contributed by atoms with Gasteiger partial charge < -0.3 is 0 Å². The minimum absolute atomic E-state index is 1.21. The molecule has 0 heteroatoms. The Labute approximate surface area is 312 Å². The lowest BCUT2D eigenvalue weighted by molar-refractivity contribution is 1.59. The Morgan fingerprint density at radius 3 is 1.24 bits per heavy atom. The van der Waals surface area contributed by atoms with Crippen LogP contribution in [0.3, 0.4) is 0 Å². The molecule has 54 heavy (non-hydrogen) atoms. The molecule has 248 valence electrons. The Morgan fingerprint density at radius 1 is 0.204 bits per heavy atom. The molecule has 0 heterocycles. The van der Waals surface area contributed by atoms with Crippen molar-refractivity contribution in [2.24, 2.45) is 0 Å². The summed E-state index contributed by atoms with van der Waals surface area (Å²) in [6.45, 7) is 0. The van der Waals surface area contributed by atoms with Crippen LogP contribution in [0.4, 0.5) is 0 Å². The second-order valence-electron chi connectivity index (χ2n) is 14.8. The highest BCUT2D eigenvalue weighted by Gasteiger charge is 2.20. The van der Waals surface area contributed by atoms with Gasteiger partial charge in [-0.3, -0.25) is 0 Å². The molecule has 12 rings (SSSR count). The molecule has 0 aliphatic rings. The summed E-state index contributed by atoms with van der Waals surface area (Å²) in [6, 6.07) is 72.4. The topological polar surface area (TPSA) is 0 Å². The monoisotopic (exact) mass is 680 g/mol. The molecule has 0 saturated carbocycles. The maximum Gasteiger partial charge on any atom is -0.00206 e. The van der Waals surface area contributed by atoms with Crippen molar-refractivity contribution >= 4 is 75.4 Å². The summed E-state index contributed by atoms with van der Waals surface area (Å²) < 4.78 is 0. The van der Waals surface area contributed by atoms with Gasteiger partial charge >= 0.3 is 0 Å². The third-order valence-electron chi connectivity index (χ3n) is 12.0. The van der Waals surface area contributed by atoms with Crippen LogP contribution in [0.2, 0.25) is 0 Å². The Bertz CT molecular complexity index is 3370. The molecule has 0 radical (unpaired) electrons. The van der Waals surface area contributed by atoms with Crippen molar-refractivity contribution in [2.45, 2.75) is 0 Å². The molecule has 0 saturated heterocycles. The van der Waals surface area contributed by atoms with Crippen LogP contribution >= 0.6 is 0 Å². The van der Waals surface area contributed by atoms with Crippen LogP contribution in [0.5, 0.6) is 0 Å². The van der Waals surface area contributed by atoms with Crippen molar-refractivity contribution in [3.63, 3.8) is 0 Å². The zero-order valence-electron chi connectivity index (χ0n) is 29.5. The van der Waals surface area contributed by atoms with Gasteiger partial charge in [0.2, 0.25) is 0 Å². The molecular formula is C54H32. The van der Waals surface area contributed by atoms with Gasteiger partial charge in [-0.2, -0.15) is 0 Å². The molecule has 0 aliphatic carbocycles. The van der Waals surface area contributed by atoms with E-state index in [1.807, 2.05) is 0 Å². The quantitative estimate of drug-likeness (QED) is 0.162. The Kier molecular flexibility index (Phi) is 6.15. The van der Waals surface area contributed by atoms with E-state index in [4.69, 9.17) is 0 Å². The van der Waals surface area contributed by atoms with Gasteiger partial charge in [0.1, 0.15) is 0 Å². The highest BCUT2D eigenvalue weighted by Crippen LogP contribution is 2.47. The van der Waals surface area contributed by atoms with E-state index < -0.39 is 0 Å². The van der Waals surface area contributed by atoms with Crippen LogP contribution in [-0.2, 0) is 0 Å². The van der Waals surface area contributed by atoms with Crippen molar-refractivity contribution in [3.05, 3.63) is 194 Å². The average Bonchev–Trinajstić information content (AvgIpc) is 3.24. The van der Waals surface area contributed by atoms with Crippen LogP contribution in [0.15, 0.2) is 194 Å². The van der Waals surface area contributed by atoms with Gasteiger partial charge in [-0.05, 0) is 126 Å². The van der Waals surface area contributed by atoms with E-state index >= 15 is 0 Å². The minimum atomic E-state index is 1.21. The summed E-state index contributed by atoms with van der Waals surface area (Å²) in [5, 5.41) is 18.3. The third-order valence-corrected chi connectivity index (χ3v) is 12.0. The zero-order valence-corrected chi connectivity index (χ0v) is 29.5. The summed E-state index contributed by atoms with van der Waals surface area (Å²) in [5.41, 5.74) is 9.96.